The number of likely N-dealkylation sites (N-methyl/N-ethyl adjacent to an activating group) is 1. The second-order valence-electron chi connectivity index (χ2n) is 10.4. The minimum absolute atomic E-state index is 0.188. The smallest absolute Gasteiger partial charge is 0.339 e. The molecule has 1 amide bonds. The van der Waals surface area contributed by atoms with Gasteiger partial charge in [0, 0.05) is 43.9 Å². The van der Waals surface area contributed by atoms with Crippen molar-refractivity contribution in [2.75, 3.05) is 38.2 Å². The Kier molecular flexibility index (Phi) is 7.49. The number of aromatic nitrogens is 4. The summed E-state index contributed by atoms with van der Waals surface area (Å²) in [5, 5.41) is 48.6. The quantitative estimate of drug-likeness (QED) is 0.174. The van der Waals surface area contributed by atoms with E-state index >= 15 is 0 Å². The van der Waals surface area contributed by atoms with Crippen LogP contribution < -0.4 is 16.0 Å². The standard InChI is InChI=1S/C29H27N9O7/c1-35-6-8-36(9-7-35)27(41)16-10-21(23-14-37(33-31-23)17-2-4-19(28(42)43)25(39)12-17)30-22(11-16)24-15-38(34-32-24)18-3-5-20(29(44)45)26(40)13-18/h2-5,10-15,31,33,39-40H,6-9H2,1H3,(H,42,43)(H,44,45). The van der Waals surface area contributed by atoms with Crippen LogP contribution in [0.4, 0.5) is 5.69 Å². The molecule has 2 aliphatic rings. The van der Waals surface area contributed by atoms with Gasteiger partial charge < -0.3 is 30.2 Å². The number of aromatic hydroxyl groups is 2. The first-order valence-electron chi connectivity index (χ1n) is 13.7. The van der Waals surface area contributed by atoms with Crippen molar-refractivity contribution in [2.45, 2.75) is 0 Å². The number of anilines is 1. The number of phenols is 2. The Morgan fingerprint density at radius 2 is 1.42 bits per heavy atom. The molecule has 0 unspecified atom stereocenters. The van der Waals surface area contributed by atoms with Crippen molar-refractivity contribution in [3.05, 3.63) is 83.3 Å². The molecule has 0 radical (unpaired) electrons. The summed E-state index contributed by atoms with van der Waals surface area (Å²) >= 11 is 0. The summed E-state index contributed by atoms with van der Waals surface area (Å²) in [6, 6.07) is 11.3. The Labute approximate surface area is 255 Å². The molecule has 0 aliphatic carbocycles. The first kappa shape index (κ1) is 29.1. The first-order chi connectivity index (χ1) is 21.6. The molecule has 16 nitrogen and oxygen atoms in total. The topological polar surface area (TPSA) is 210 Å². The molecule has 2 aliphatic heterocycles. The van der Waals surface area contributed by atoms with Crippen molar-refractivity contribution < 1.29 is 34.8 Å². The molecule has 4 aromatic rings. The molecule has 2 aromatic heterocycles. The summed E-state index contributed by atoms with van der Waals surface area (Å²) in [5.41, 5.74) is 8.04. The summed E-state index contributed by atoms with van der Waals surface area (Å²) in [5.74, 6) is -3.55. The fraction of sp³-hybridized carbons (Fsp3) is 0.172. The third-order valence-electron chi connectivity index (χ3n) is 7.43. The summed E-state index contributed by atoms with van der Waals surface area (Å²) in [4.78, 5) is 44.8. The number of carboxylic acid groups (broad SMARTS) is 2. The van der Waals surface area contributed by atoms with E-state index in [9.17, 15) is 34.8 Å². The van der Waals surface area contributed by atoms with Crippen LogP contribution in [-0.4, -0.2) is 101 Å². The largest absolute Gasteiger partial charge is 0.507 e. The number of nitrogens with zero attached hydrogens (tertiary/aromatic N) is 7. The minimum Gasteiger partial charge on any atom is -0.507 e. The highest BCUT2D eigenvalue weighted by Gasteiger charge is 2.25. The first-order valence-corrected chi connectivity index (χ1v) is 13.7. The zero-order chi connectivity index (χ0) is 31.8. The van der Waals surface area contributed by atoms with Crippen LogP contribution in [0.3, 0.4) is 0 Å². The van der Waals surface area contributed by atoms with Gasteiger partial charge in [0.25, 0.3) is 5.91 Å². The number of carbonyl (C=O) groups excluding carboxylic acids is 1. The molecule has 2 aromatic carbocycles. The minimum atomic E-state index is -1.27. The highest BCUT2D eigenvalue weighted by Crippen LogP contribution is 2.28. The van der Waals surface area contributed by atoms with Crippen molar-refractivity contribution >= 4 is 29.2 Å². The van der Waals surface area contributed by atoms with Crippen molar-refractivity contribution in [1.29, 1.82) is 0 Å². The molecule has 45 heavy (non-hydrogen) atoms. The molecule has 6 rings (SSSR count). The number of hydrogen-bond acceptors (Lipinski definition) is 12. The summed E-state index contributed by atoms with van der Waals surface area (Å²) < 4.78 is 1.35. The van der Waals surface area contributed by atoms with Crippen LogP contribution in [0.2, 0.25) is 0 Å². The molecule has 1 saturated heterocycles. The molecule has 1 fully saturated rings. The van der Waals surface area contributed by atoms with Crippen LogP contribution >= 0.6 is 0 Å². The molecule has 6 N–H and O–H groups in total. The summed E-state index contributed by atoms with van der Waals surface area (Å²) in [6.45, 7) is 2.58. The Morgan fingerprint density at radius 3 is 2.07 bits per heavy atom. The third-order valence-corrected chi connectivity index (χ3v) is 7.43. The lowest BCUT2D eigenvalue weighted by Gasteiger charge is -2.32. The van der Waals surface area contributed by atoms with Gasteiger partial charge in [-0.3, -0.25) is 15.2 Å². The molecular formula is C29H27N9O7. The van der Waals surface area contributed by atoms with Crippen LogP contribution in [-0.2, 0) is 0 Å². The van der Waals surface area contributed by atoms with Gasteiger partial charge in [0.1, 0.15) is 28.3 Å². The van der Waals surface area contributed by atoms with Crippen LogP contribution in [0.1, 0.15) is 36.8 Å². The fourth-order valence-corrected chi connectivity index (χ4v) is 4.90. The van der Waals surface area contributed by atoms with Crippen LogP contribution in [0.25, 0.3) is 22.8 Å². The lowest BCUT2D eigenvalue weighted by molar-refractivity contribution is 0.0660. The van der Waals surface area contributed by atoms with Gasteiger partial charge in [-0.05, 0) is 43.4 Å². The monoisotopic (exact) mass is 613 g/mol. The van der Waals surface area contributed by atoms with E-state index in [4.69, 9.17) is 4.98 Å². The van der Waals surface area contributed by atoms with E-state index < -0.39 is 23.4 Å². The lowest BCUT2D eigenvalue weighted by atomic mass is 10.1. The van der Waals surface area contributed by atoms with Gasteiger partial charge in [0.15, 0.2) is 0 Å². The average Bonchev–Trinajstić information content (AvgIpc) is 3.72. The van der Waals surface area contributed by atoms with E-state index in [2.05, 4.69) is 26.2 Å². The van der Waals surface area contributed by atoms with E-state index in [0.29, 0.717) is 52.8 Å². The van der Waals surface area contributed by atoms with E-state index in [1.54, 1.807) is 29.4 Å². The molecular weight excluding hydrogens is 586 g/mol. The van der Waals surface area contributed by atoms with E-state index in [1.807, 2.05) is 7.05 Å². The molecule has 230 valence electrons. The van der Waals surface area contributed by atoms with E-state index in [0.717, 1.165) is 13.1 Å². The number of benzene rings is 2. The summed E-state index contributed by atoms with van der Waals surface area (Å²) in [6.07, 6.45) is 3.17. The molecule has 16 heteroatoms. The van der Waals surface area contributed by atoms with Gasteiger partial charge in [-0.25, -0.2) is 19.3 Å². The SMILES string of the molecule is CN1CCN(C(=O)c2cc(C3=CN(c4ccc(C(=O)O)c(O)c4)NN3)nc(-c3cn(-c4ccc(C(=O)O)c(O)c4)nn3)c2)CC1. The maximum Gasteiger partial charge on any atom is 0.339 e. The Bertz CT molecular complexity index is 1860. The van der Waals surface area contributed by atoms with Gasteiger partial charge in [-0.15, -0.1) is 10.6 Å². The number of hydrazine groups is 2. The van der Waals surface area contributed by atoms with Crippen LogP contribution in [0.5, 0.6) is 11.5 Å². The molecule has 0 spiro atoms. The number of piperazine rings is 1. The van der Waals surface area contributed by atoms with E-state index in [1.165, 1.54) is 46.1 Å². The van der Waals surface area contributed by atoms with Gasteiger partial charge in [-0.1, -0.05) is 5.21 Å². The summed E-state index contributed by atoms with van der Waals surface area (Å²) in [7, 11) is 1.99. The maximum absolute atomic E-state index is 13.6. The van der Waals surface area contributed by atoms with Gasteiger partial charge in [0.2, 0.25) is 0 Å². The number of nitrogens with one attached hydrogen (secondary N) is 2. The van der Waals surface area contributed by atoms with Gasteiger partial charge in [0.05, 0.1) is 40.9 Å². The number of aromatic carboxylic acids is 2. The van der Waals surface area contributed by atoms with Gasteiger partial charge in [-0.2, -0.15) is 0 Å². The predicted molar refractivity (Wildman–Crippen MR) is 158 cm³/mol. The molecule has 0 atom stereocenters. The number of pyridine rings is 1. The average molecular weight is 614 g/mol. The van der Waals surface area contributed by atoms with Gasteiger partial charge >= 0.3 is 11.9 Å². The molecule has 0 bridgehead atoms. The maximum atomic E-state index is 13.6. The zero-order valence-corrected chi connectivity index (χ0v) is 23.7. The lowest BCUT2D eigenvalue weighted by Crippen LogP contribution is -2.47. The zero-order valence-electron chi connectivity index (χ0n) is 23.7. The van der Waals surface area contributed by atoms with Crippen molar-refractivity contribution in [3.8, 4) is 28.6 Å². The third kappa shape index (κ3) is 5.82. The van der Waals surface area contributed by atoms with Crippen molar-refractivity contribution in [1.82, 2.24) is 40.7 Å². The predicted octanol–water partition coefficient (Wildman–Crippen LogP) is 1.35. The normalized spacial score (nSPS) is 15.1. The number of amides is 1. The van der Waals surface area contributed by atoms with Crippen LogP contribution in [0, 0.1) is 0 Å². The second-order valence-corrected chi connectivity index (χ2v) is 10.4. The second kappa shape index (κ2) is 11.6. The molecule has 4 heterocycles. The van der Waals surface area contributed by atoms with Crippen LogP contribution in [0.15, 0.2) is 60.9 Å². The Hall–Kier alpha value is -6.00. The number of carboxylic acids is 2. The highest BCUT2D eigenvalue weighted by molar-refractivity contribution is 5.96. The highest BCUT2D eigenvalue weighted by atomic mass is 16.4. The molecule has 0 saturated carbocycles. The Balaban J connectivity index is 1.36. The van der Waals surface area contributed by atoms with E-state index in [-0.39, 0.29) is 17.0 Å². The number of rotatable bonds is 7. The number of hydrogen-bond donors (Lipinski definition) is 6. The fourth-order valence-electron chi connectivity index (χ4n) is 4.90. The van der Waals surface area contributed by atoms with Crippen molar-refractivity contribution in [2.24, 2.45) is 0 Å². The van der Waals surface area contributed by atoms with Crippen molar-refractivity contribution in [3.63, 3.8) is 0 Å². The number of carbonyl (C=O) groups is 3. The Morgan fingerprint density at radius 1 is 0.800 bits per heavy atom.